The van der Waals surface area contributed by atoms with Crippen molar-refractivity contribution in [3.8, 4) is 5.75 Å². The van der Waals surface area contributed by atoms with Crippen molar-refractivity contribution in [3.05, 3.63) is 78.5 Å². The lowest BCUT2D eigenvalue weighted by molar-refractivity contribution is -0.410. The largest absolute Gasteiger partial charge is 0.488 e. The first-order chi connectivity index (χ1) is 10.1. The smallest absolute Gasteiger partial charge is 0.337 e. The van der Waals surface area contributed by atoms with Gasteiger partial charge in [-0.1, -0.05) is 36.4 Å². The van der Waals surface area contributed by atoms with Crippen LogP contribution in [0, 0.1) is 13.7 Å². The molecule has 0 radical (unpaired) electrons. The molecule has 0 aliphatic carbocycles. The predicted octanol–water partition coefficient (Wildman–Crippen LogP) is 4.68. The number of ether oxygens (including phenoxy) is 1. The van der Waals surface area contributed by atoms with Crippen molar-refractivity contribution in [1.82, 2.24) is 0 Å². The van der Waals surface area contributed by atoms with Crippen LogP contribution in [0.2, 0.25) is 0 Å². The van der Waals surface area contributed by atoms with Gasteiger partial charge in [0.15, 0.2) is 0 Å². The van der Waals surface area contributed by atoms with Crippen molar-refractivity contribution < 1.29 is 9.66 Å². The zero-order valence-corrected chi connectivity index (χ0v) is 13.7. The Kier molecular flexibility index (Phi) is 5.58. The minimum Gasteiger partial charge on any atom is -0.488 e. The van der Waals surface area contributed by atoms with Crippen LogP contribution in [0.3, 0.4) is 0 Å². The Morgan fingerprint density at radius 3 is 2.62 bits per heavy atom. The molecule has 0 aromatic heterocycles. The molecule has 0 spiro atoms. The number of hydrogen-bond acceptors (Lipinski definition) is 3. The molecule has 0 heterocycles. The molecule has 0 fully saturated rings. The molecule has 2 rings (SSSR count). The maximum absolute atomic E-state index is 10.5. The van der Waals surface area contributed by atoms with Gasteiger partial charge in [-0.15, -0.1) is 0 Å². The van der Waals surface area contributed by atoms with E-state index in [0.717, 1.165) is 14.9 Å². The molecule has 21 heavy (non-hydrogen) atoms. The summed E-state index contributed by atoms with van der Waals surface area (Å²) >= 11 is 7.64. The molecular weight excluding hydrogens is 405 g/mol. The zero-order chi connectivity index (χ0) is 15.2. The van der Waals surface area contributed by atoms with E-state index in [1.165, 1.54) is 6.08 Å². The first-order valence-electron chi connectivity index (χ1n) is 6.04. The van der Waals surface area contributed by atoms with E-state index in [1.54, 1.807) is 18.2 Å². The lowest BCUT2D eigenvalue weighted by Crippen LogP contribution is -1.97. The van der Waals surface area contributed by atoms with Crippen LogP contribution in [-0.2, 0) is 6.61 Å². The maximum Gasteiger partial charge on any atom is 0.337 e. The summed E-state index contributed by atoms with van der Waals surface area (Å²) in [5, 5.41) is 10.1. The summed E-state index contributed by atoms with van der Waals surface area (Å²) in [4.78, 5) is 9.86. The van der Waals surface area contributed by atoms with Gasteiger partial charge in [0.25, 0.3) is 0 Å². The fraction of sp³-hybridized carbons (Fsp3) is 0.0667. The molecule has 0 saturated carbocycles. The zero-order valence-electron chi connectivity index (χ0n) is 10.8. The molecule has 0 aliphatic heterocycles. The van der Waals surface area contributed by atoms with Crippen molar-refractivity contribution >= 4 is 40.3 Å². The van der Waals surface area contributed by atoms with Crippen LogP contribution in [0.15, 0.2) is 53.7 Å². The highest BCUT2D eigenvalue weighted by atomic mass is 127. The Balaban J connectivity index is 2.09. The lowest BCUT2D eigenvalue weighted by Gasteiger charge is -2.08. The summed E-state index contributed by atoms with van der Waals surface area (Å²) in [7, 11) is 0. The minimum absolute atomic E-state index is 0.413. The van der Waals surface area contributed by atoms with Crippen LogP contribution in [-0.4, -0.2) is 4.92 Å². The molecule has 0 bridgehead atoms. The summed E-state index contributed by atoms with van der Waals surface area (Å²) in [5.41, 5.74) is 1.74. The van der Waals surface area contributed by atoms with Crippen molar-refractivity contribution in [1.29, 1.82) is 0 Å². The Labute approximate surface area is 140 Å². The highest BCUT2D eigenvalue weighted by Gasteiger charge is 2.07. The third-order valence-electron chi connectivity index (χ3n) is 2.65. The van der Waals surface area contributed by atoms with Crippen molar-refractivity contribution in [2.45, 2.75) is 6.61 Å². The summed E-state index contributed by atoms with van der Waals surface area (Å²) in [6.45, 7) is 0.474. The molecule has 0 amide bonds. The fourth-order valence-corrected chi connectivity index (χ4v) is 2.47. The van der Waals surface area contributed by atoms with Gasteiger partial charge in [-0.3, -0.25) is 10.1 Å². The van der Waals surface area contributed by atoms with E-state index in [0.29, 0.717) is 12.2 Å². The van der Waals surface area contributed by atoms with Gasteiger partial charge < -0.3 is 4.74 Å². The standard InChI is InChI=1S/C15H11ClINO3/c16-15(18(19)20)9-12-6-7-14(13(17)8-12)21-10-11-4-2-1-3-5-11/h1-9H,10H2. The third-order valence-corrected chi connectivity index (χ3v) is 3.74. The molecule has 0 unspecified atom stereocenters. The molecule has 0 saturated heterocycles. The Bertz CT molecular complexity index is 674. The van der Waals surface area contributed by atoms with Crippen molar-refractivity contribution in [3.63, 3.8) is 0 Å². The first-order valence-corrected chi connectivity index (χ1v) is 7.50. The van der Waals surface area contributed by atoms with Crippen LogP contribution >= 0.6 is 34.2 Å². The predicted molar refractivity (Wildman–Crippen MR) is 90.8 cm³/mol. The van der Waals surface area contributed by atoms with E-state index in [2.05, 4.69) is 22.6 Å². The number of hydrogen-bond donors (Lipinski definition) is 0. The van der Waals surface area contributed by atoms with Crippen LogP contribution in [0.5, 0.6) is 5.75 Å². The SMILES string of the molecule is O=[N+]([O-])C(Cl)=Cc1ccc(OCc2ccccc2)c(I)c1. The van der Waals surface area contributed by atoms with Gasteiger partial charge in [0.1, 0.15) is 12.4 Å². The second-order valence-corrected chi connectivity index (χ2v) is 5.74. The Morgan fingerprint density at radius 1 is 1.29 bits per heavy atom. The summed E-state index contributed by atoms with van der Waals surface area (Å²) in [6, 6.07) is 15.1. The summed E-state index contributed by atoms with van der Waals surface area (Å²) in [6.07, 6.45) is 1.31. The Hall–Kier alpha value is -1.60. The number of nitrogens with zero attached hydrogens (tertiary/aromatic N) is 1. The molecule has 0 aliphatic rings. The number of nitro groups is 1. The van der Waals surface area contributed by atoms with Crippen LogP contribution < -0.4 is 4.74 Å². The van der Waals surface area contributed by atoms with E-state index < -0.39 is 10.1 Å². The van der Waals surface area contributed by atoms with Gasteiger partial charge >= 0.3 is 5.16 Å². The van der Waals surface area contributed by atoms with Gasteiger partial charge in [-0.2, -0.15) is 0 Å². The maximum atomic E-state index is 10.5. The second-order valence-electron chi connectivity index (χ2n) is 4.19. The van der Waals surface area contributed by atoms with Crippen molar-refractivity contribution in [2.24, 2.45) is 0 Å². The van der Waals surface area contributed by atoms with Gasteiger partial charge in [-0.05, 0) is 57.5 Å². The molecule has 6 heteroatoms. The van der Waals surface area contributed by atoms with Gasteiger partial charge in [-0.25, -0.2) is 0 Å². The number of benzene rings is 2. The molecule has 2 aromatic rings. The van der Waals surface area contributed by atoms with E-state index >= 15 is 0 Å². The average Bonchev–Trinajstić information content (AvgIpc) is 2.47. The lowest BCUT2D eigenvalue weighted by atomic mass is 10.2. The van der Waals surface area contributed by atoms with Gasteiger partial charge in [0.05, 0.1) is 8.49 Å². The van der Waals surface area contributed by atoms with Crippen molar-refractivity contribution in [2.75, 3.05) is 0 Å². The molecular formula is C15H11ClINO3. The van der Waals surface area contributed by atoms with Crippen LogP contribution in [0.4, 0.5) is 0 Å². The number of halogens is 2. The van der Waals surface area contributed by atoms with E-state index in [1.807, 2.05) is 30.3 Å². The van der Waals surface area contributed by atoms with Gasteiger partial charge in [0, 0.05) is 6.08 Å². The molecule has 0 atom stereocenters. The number of rotatable bonds is 5. The monoisotopic (exact) mass is 415 g/mol. The van der Waals surface area contributed by atoms with Crippen LogP contribution in [0.1, 0.15) is 11.1 Å². The molecule has 4 nitrogen and oxygen atoms in total. The fourth-order valence-electron chi connectivity index (χ4n) is 1.65. The van der Waals surface area contributed by atoms with E-state index in [9.17, 15) is 10.1 Å². The van der Waals surface area contributed by atoms with Gasteiger partial charge in [0.2, 0.25) is 0 Å². The van der Waals surface area contributed by atoms with Crippen LogP contribution in [0.25, 0.3) is 6.08 Å². The van der Waals surface area contributed by atoms with E-state index in [-0.39, 0.29) is 0 Å². The Morgan fingerprint density at radius 2 is 2.00 bits per heavy atom. The molecule has 0 N–H and O–H groups in total. The van der Waals surface area contributed by atoms with E-state index in [4.69, 9.17) is 16.3 Å². The topological polar surface area (TPSA) is 52.4 Å². The quantitative estimate of drug-likeness (QED) is 0.308. The molecule has 2 aromatic carbocycles. The summed E-state index contributed by atoms with van der Waals surface area (Å²) in [5.74, 6) is 0.730. The normalized spacial score (nSPS) is 11.2. The molecule has 108 valence electrons. The first kappa shape index (κ1) is 15.8. The summed E-state index contributed by atoms with van der Waals surface area (Å²) < 4.78 is 6.60. The minimum atomic E-state index is -0.631. The third kappa shape index (κ3) is 4.71. The second kappa shape index (κ2) is 7.42. The average molecular weight is 416 g/mol. The highest BCUT2D eigenvalue weighted by Crippen LogP contribution is 2.24. The highest BCUT2D eigenvalue weighted by molar-refractivity contribution is 14.1.